The summed E-state index contributed by atoms with van der Waals surface area (Å²) in [5.74, 6) is 3.29. The summed E-state index contributed by atoms with van der Waals surface area (Å²) in [5.41, 5.74) is 2.25. The first-order valence-electron chi connectivity index (χ1n) is 11.0. The van der Waals surface area contributed by atoms with Crippen LogP contribution in [-0.4, -0.2) is 21.1 Å². The van der Waals surface area contributed by atoms with E-state index in [9.17, 15) is 4.79 Å². The van der Waals surface area contributed by atoms with Crippen molar-refractivity contribution in [2.75, 3.05) is 6.61 Å². The summed E-state index contributed by atoms with van der Waals surface area (Å²) in [6.07, 6.45) is 1.60. The summed E-state index contributed by atoms with van der Waals surface area (Å²) < 4.78 is 18.6. The van der Waals surface area contributed by atoms with Gasteiger partial charge in [-0.05, 0) is 62.4 Å². The molecule has 34 heavy (non-hydrogen) atoms. The Morgan fingerprint density at radius 1 is 1.03 bits per heavy atom. The summed E-state index contributed by atoms with van der Waals surface area (Å²) in [7, 11) is 0. The molecule has 7 nitrogen and oxygen atoms in total. The Hall–Kier alpha value is -3.78. The molecule has 0 atom stereocenters. The van der Waals surface area contributed by atoms with E-state index in [1.165, 1.54) is 11.8 Å². The van der Waals surface area contributed by atoms with E-state index in [1.807, 2.05) is 68.4 Å². The third kappa shape index (κ3) is 4.49. The molecule has 8 heteroatoms. The molecular formula is C26H23N3O4S. The Kier molecular flexibility index (Phi) is 6.22. The third-order valence-electron chi connectivity index (χ3n) is 5.36. The quantitative estimate of drug-likeness (QED) is 0.211. The number of hydrogen-bond donors (Lipinski definition) is 0. The number of benzene rings is 2. The fourth-order valence-corrected chi connectivity index (χ4v) is 4.63. The molecule has 0 aliphatic carbocycles. The lowest BCUT2D eigenvalue weighted by molar-refractivity contribution is 0.340. The maximum absolute atomic E-state index is 13.2. The molecule has 172 valence electrons. The Bertz CT molecular complexity index is 1470. The first-order chi connectivity index (χ1) is 16.6. The number of rotatable bonds is 8. The van der Waals surface area contributed by atoms with Crippen LogP contribution in [0.25, 0.3) is 22.4 Å². The number of oxazole rings is 1. The van der Waals surface area contributed by atoms with Crippen molar-refractivity contribution in [3.8, 4) is 17.2 Å². The van der Waals surface area contributed by atoms with Crippen molar-refractivity contribution in [2.24, 2.45) is 0 Å². The van der Waals surface area contributed by atoms with Crippen LogP contribution in [0.1, 0.15) is 24.1 Å². The standard InChI is InChI=1S/C26H23N3O4S/c1-3-31-19-12-10-18(11-13-19)24-27-23(17(2)33-24)16-34-26-28-22-9-5-4-8-21(22)25(30)29(26)15-20-7-6-14-32-20/h4-14H,3,15-16H2,1-2H3. The van der Waals surface area contributed by atoms with Gasteiger partial charge in [-0.3, -0.25) is 9.36 Å². The zero-order valence-electron chi connectivity index (χ0n) is 18.9. The molecule has 2 aromatic carbocycles. The molecule has 0 saturated carbocycles. The Labute approximate surface area is 200 Å². The fourth-order valence-electron chi connectivity index (χ4n) is 3.63. The monoisotopic (exact) mass is 473 g/mol. The second-order valence-electron chi connectivity index (χ2n) is 7.65. The summed E-state index contributed by atoms with van der Waals surface area (Å²) in [5, 5.41) is 1.18. The van der Waals surface area contributed by atoms with Gasteiger partial charge in [-0.15, -0.1) is 0 Å². The highest BCUT2D eigenvalue weighted by atomic mass is 32.2. The van der Waals surface area contributed by atoms with Gasteiger partial charge in [0.05, 0.1) is 36.0 Å². The van der Waals surface area contributed by atoms with Crippen molar-refractivity contribution >= 4 is 22.7 Å². The van der Waals surface area contributed by atoms with Crippen molar-refractivity contribution < 1.29 is 13.6 Å². The molecule has 0 unspecified atom stereocenters. The van der Waals surface area contributed by atoms with Gasteiger partial charge in [0.25, 0.3) is 5.56 Å². The number of hydrogen-bond acceptors (Lipinski definition) is 7. The van der Waals surface area contributed by atoms with Gasteiger partial charge in [-0.25, -0.2) is 9.97 Å². The van der Waals surface area contributed by atoms with Crippen LogP contribution < -0.4 is 10.3 Å². The van der Waals surface area contributed by atoms with E-state index in [0.717, 1.165) is 22.8 Å². The number of furan rings is 1. The lowest BCUT2D eigenvalue weighted by atomic mass is 10.2. The molecular weight excluding hydrogens is 450 g/mol. The van der Waals surface area contributed by atoms with Crippen LogP contribution in [0.4, 0.5) is 0 Å². The van der Waals surface area contributed by atoms with E-state index in [2.05, 4.69) is 0 Å². The van der Waals surface area contributed by atoms with Crippen LogP contribution in [0.5, 0.6) is 5.75 Å². The van der Waals surface area contributed by atoms with Gasteiger partial charge >= 0.3 is 0 Å². The molecule has 3 aromatic heterocycles. The highest BCUT2D eigenvalue weighted by molar-refractivity contribution is 7.98. The fraction of sp³-hybridized carbons (Fsp3) is 0.192. The molecule has 0 aliphatic heterocycles. The topological polar surface area (TPSA) is 83.3 Å². The van der Waals surface area contributed by atoms with Gasteiger partial charge in [0.1, 0.15) is 17.3 Å². The van der Waals surface area contributed by atoms with E-state index >= 15 is 0 Å². The predicted octanol–water partition coefficient (Wildman–Crippen LogP) is 5.69. The molecule has 0 amide bonds. The van der Waals surface area contributed by atoms with Gasteiger partial charge in [0, 0.05) is 11.3 Å². The third-order valence-corrected chi connectivity index (χ3v) is 6.35. The van der Waals surface area contributed by atoms with Gasteiger partial charge in [0.15, 0.2) is 5.16 Å². The molecule has 0 bridgehead atoms. The Balaban J connectivity index is 1.43. The second-order valence-corrected chi connectivity index (χ2v) is 8.59. The molecule has 3 heterocycles. The van der Waals surface area contributed by atoms with Gasteiger partial charge in [0.2, 0.25) is 5.89 Å². The average Bonchev–Trinajstić information content (AvgIpc) is 3.50. The van der Waals surface area contributed by atoms with Crippen molar-refractivity contribution in [1.29, 1.82) is 0 Å². The lowest BCUT2D eigenvalue weighted by Gasteiger charge is -2.11. The molecule has 0 aliphatic rings. The number of thioether (sulfide) groups is 1. The highest BCUT2D eigenvalue weighted by Crippen LogP contribution is 2.28. The molecule has 5 rings (SSSR count). The zero-order chi connectivity index (χ0) is 23.5. The number of aryl methyl sites for hydroxylation is 1. The van der Waals surface area contributed by atoms with Crippen molar-refractivity contribution in [1.82, 2.24) is 14.5 Å². The number of para-hydroxylation sites is 1. The normalized spacial score (nSPS) is 11.2. The molecule has 0 N–H and O–H groups in total. The van der Waals surface area contributed by atoms with Gasteiger partial charge in [-0.1, -0.05) is 23.9 Å². The minimum atomic E-state index is -0.101. The predicted molar refractivity (Wildman–Crippen MR) is 131 cm³/mol. The molecule has 0 fully saturated rings. The van der Waals surface area contributed by atoms with Crippen LogP contribution >= 0.6 is 11.8 Å². The second kappa shape index (κ2) is 9.61. The van der Waals surface area contributed by atoms with Crippen molar-refractivity contribution in [3.05, 3.63) is 94.5 Å². The van der Waals surface area contributed by atoms with Gasteiger partial charge in [-0.2, -0.15) is 0 Å². The lowest BCUT2D eigenvalue weighted by Crippen LogP contribution is -2.23. The maximum atomic E-state index is 13.2. The van der Waals surface area contributed by atoms with Crippen molar-refractivity contribution in [3.63, 3.8) is 0 Å². The smallest absolute Gasteiger partial charge is 0.262 e. The van der Waals surface area contributed by atoms with E-state index in [-0.39, 0.29) is 5.56 Å². The largest absolute Gasteiger partial charge is 0.494 e. The minimum Gasteiger partial charge on any atom is -0.494 e. The molecule has 0 saturated heterocycles. The number of ether oxygens (including phenoxy) is 1. The first-order valence-corrected chi connectivity index (χ1v) is 11.9. The summed E-state index contributed by atoms with van der Waals surface area (Å²) in [6, 6.07) is 18.7. The van der Waals surface area contributed by atoms with Gasteiger partial charge < -0.3 is 13.6 Å². The molecule has 0 radical (unpaired) electrons. The minimum absolute atomic E-state index is 0.101. The van der Waals surface area contributed by atoms with Crippen molar-refractivity contribution in [2.45, 2.75) is 31.3 Å². The highest BCUT2D eigenvalue weighted by Gasteiger charge is 2.16. The van der Waals surface area contributed by atoms with Crippen LogP contribution in [0.2, 0.25) is 0 Å². The Morgan fingerprint density at radius 2 is 1.85 bits per heavy atom. The number of fused-ring (bicyclic) bond motifs is 1. The summed E-state index contributed by atoms with van der Waals surface area (Å²) in [4.78, 5) is 22.7. The van der Waals surface area contributed by atoms with Crippen LogP contribution in [0.3, 0.4) is 0 Å². The summed E-state index contributed by atoms with van der Waals surface area (Å²) in [6.45, 7) is 4.77. The van der Waals surface area contributed by atoms with E-state index < -0.39 is 0 Å². The number of aromatic nitrogens is 3. The number of nitrogens with zero attached hydrogens (tertiary/aromatic N) is 3. The van der Waals surface area contributed by atoms with E-state index in [1.54, 1.807) is 16.9 Å². The summed E-state index contributed by atoms with van der Waals surface area (Å²) >= 11 is 1.45. The SMILES string of the molecule is CCOc1ccc(-c2nc(CSc3nc4ccccc4c(=O)n3Cc3ccco3)c(C)o2)cc1. The zero-order valence-corrected chi connectivity index (χ0v) is 19.7. The van der Waals surface area contributed by atoms with Crippen LogP contribution in [-0.2, 0) is 12.3 Å². The first kappa shape index (κ1) is 22.0. The maximum Gasteiger partial charge on any atom is 0.262 e. The van der Waals surface area contributed by atoms with E-state index in [4.69, 9.17) is 23.5 Å². The average molecular weight is 474 g/mol. The van der Waals surface area contributed by atoms with Crippen LogP contribution in [0, 0.1) is 6.92 Å². The Morgan fingerprint density at radius 3 is 2.62 bits per heavy atom. The molecule has 5 aromatic rings. The molecule has 0 spiro atoms. The van der Waals surface area contributed by atoms with Crippen LogP contribution in [0.15, 0.2) is 85.7 Å². The van der Waals surface area contributed by atoms with E-state index in [0.29, 0.717) is 46.6 Å².